The van der Waals surface area contributed by atoms with Gasteiger partial charge < -0.3 is 9.80 Å². The summed E-state index contributed by atoms with van der Waals surface area (Å²) in [6.45, 7) is 38.2. The maximum absolute atomic E-state index is 2.72. The van der Waals surface area contributed by atoms with E-state index in [9.17, 15) is 0 Å². The summed E-state index contributed by atoms with van der Waals surface area (Å²) in [5, 5.41) is 1.35. The van der Waals surface area contributed by atoms with Crippen LogP contribution in [-0.2, 0) is 32.5 Å². The lowest BCUT2D eigenvalue weighted by Gasteiger charge is -2.46. The molecule has 0 unspecified atom stereocenters. The van der Waals surface area contributed by atoms with Crippen LogP contribution < -0.4 is 25.5 Å². The Balaban J connectivity index is 1.37. The zero-order valence-electron chi connectivity index (χ0n) is 42.8. The first-order chi connectivity index (χ1) is 30.7. The van der Waals surface area contributed by atoms with Crippen molar-refractivity contribution >= 4 is 78.0 Å². The van der Waals surface area contributed by atoms with Gasteiger partial charge in [0.2, 0.25) is 0 Å². The fraction of sp³-hybridized carbons (Fsp3) is 0.387. The molecular weight excluding hydrogens is 816 g/mol. The SMILES string of the molecule is CC(C)(C)c1ccc(N2c3cc(C(C)(C)C)ccc3B3c4sc5ccc(C(C)(C)C)cc5c4N(c4ccc5c(c4)C(C)(C)CCC5(C)C)c4cc(C(C)(C)C)cc2c43)c(-c2ccccc2)c1. The fourth-order valence-corrected chi connectivity index (χ4v) is 12.4. The van der Waals surface area contributed by atoms with E-state index in [4.69, 9.17) is 0 Å². The quantitative estimate of drug-likeness (QED) is 0.163. The number of hydrogen-bond donors (Lipinski definition) is 0. The zero-order valence-corrected chi connectivity index (χ0v) is 43.6. The van der Waals surface area contributed by atoms with Crippen LogP contribution in [0.3, 0.4) is 0 Å². The van der Waals surface area contributed by atoms with Crippen LogP contribution in [0.5, 0.6) is 0 Å². The third kappa shape index (κ3) is 7.19. The Bertz CT molecular complexity index is 3080. The number of rotatable bonds is 3. The summed E-state index contributed by atoms with van der Waals surface area (Å²) in [4.78, 5) is 5.40. The summed E-state index contributed by atoms with van der Waals surface area (Å²) in [5.41, 5.74) is 21.3. The molecule has 0 radical (unpaired) electrons. The van der Waals surface area contributed by atoms with Crippen LogP contribution in [0.1, 0.15) is 157 Å². The van der Waals surface area contributed by atoms with Gasteiger partial charge in [0, 0.05) is 43.2 Å². The second-order valence-electron chi connectivity index (χ2n) is 25.4. The van der Waals surface area contributed by atoms with E-state index in [0.717, 1.165) is 0 Å². The molecule has 1 aliphatic carbocycles. The van der Waals surface area contributed by atoms with E-state index in [-0.39, 0.29) is 39.2 Å². The normalized spacial score (nSPS) is 16.5. The number of thiophene rings is 1. The highest BCUT2D eigenvalue weighted by molar-refractivity contribution is 7.33. The highest BCUT2D eigenvalue weighted by atomic mass is 32.1. The van der Waals surface area contributed by atoms with Crippen molar-refractivity contribution in [3.05, 3.63) is 149 Å². The number of hydrogen-bond acceptors (Lipinski definition) is 3. The van der Waals surface area contributed by atoms with Crippen molar-refractivity contribution in [2.45, 2.75) is 156 Å². The molecule has 7 aromatic rings. The van der Waals surface area contributed by atoms with Crippen LogP contribution in [0.15, 0.2) is 115 Å². The Hall–Kier alpha value is -5.06. The largest absolute Gasteiger partial charge is 0.311 e. The van der Waals surface area contributed by atoms with Gasteiger partial charge in [0.15, 0.2) is 0 Å². The summed E-state index contributed by atoms with van der Waals surface area (Å²) in [6.07, 6.45) is 2.37. The van der Waals surface area contributed by atoms with Crippen molar-refractivity contribution in [3.63, 3.8) is 0 Å². The highest BCUT2D eigenvalue weighted by Gasteiger charge is 2.47. The van der Waals surface area contributed by atoms with Crippen LogP contribution in [0, 0.1) is 0 Å². The molecule has 0 saturated carbocycles. The van der Waals surface area contributed by atoms with Gasteiger partial charge in [-0.1, -0.05) is 171 Å². The molecule has 66 heavy (non-hydrogen) atoms. The molecule has 4 heteroatoms. The summed E-state index contributed by atoms with van der Waals surface area (Å²) >= 11 is 2.01. The van der Waals surface area contributed by atoms with Crippen molar-refractivity contribution in [2.24, 2.45) is 0 Å². The van der Waals surface area contributed by atoms with Crippen molar-refractivity contribution in [1.82, 2.24) is 0 Å². The maximum atomic E-state index is 2.72. The minimum absolute atomic E-state index is 0.00864. The molecule has 3 aliphatic rings. The molecule has 0 bridgehead atoms. The molecule has 6 aromatic carbocycles. The standard InChI is InChI=1S/C62H71BN2S/c1-57(2,3)39-23-28-49(44(32-39)38-20-18-17-19-21-38)65-50-34-41(59(7,8)9)22-27-48(50)63-54-51(35-42(36-52(54)65)60(10,11)12)64(43-25-26-46-47(37-43)62(15,16)31-30-61(46,13)14)55-45-33-40(58(4,5)6)24-29-53(45)66-56(55)63/h17-29,32-37H,30-31H2,1-16H3. The predicted molar refractivity (Wildman–Crippen MR) is 291 cm³/mol. The van der Waals surface area contributed by atoms with Crippen LogP contribution in [-0.4, -0.2) is 6.71 Å². The fourth-order valence-electron chi connectivity index (χ4n) is 11.1. The van der Waals surface area contributed by atoms with Gasteiger partial charge in [-0.2, -0.15) is 0 Å². The van der Waals surface area contributed by atoms with E-state index >= 15 is 0 Å². The zero-order chi connectivity index (χ0) is 47.3. The lowest BCUT2D eigenvalue weighted by atomic mass is 9.36. The molecule has 1 aromatic heterocycles. The van der Waals surface area contributed by atoms with Gasteiger partial charge in [0.25, 0.3) is 6.71 Å². The second kappa shape index (κ2) is 14.7. The summed E-state index contributed by atoms with van der Waals surface area (Å²) < 4.78 is 2.78. The maximum Gasteiger partial charge on any atom is 0.264 e. The lowest BCUT2D eigenvalue weighted by Crippen LogP contribution is -2.60. The second-order valence-corrected chi connectivity index (χ2v) is 26.5. The van der Waals surface area contributed by atoms with E-state index in [2.05, 4.69) is 236 Å². The molecule has 0 saturated heterocycles. The number of fused-ring (bicyclic) bond motifs is 7. The first kappa shape index (κ1) is 44.8. The molecule has 2 aliphatic heterocycles. The Morgan fingerprint density at radius 3 is 1.67 bits per heavy atom. The molecular formula is C62H71BN2S. The average Bonchev–Trinajstić information content (AvgIpc) is 3.62. The first-order valence-electron chi connectivity index (χ1n) is 24.6. The number of anilines is 6. The summed E-state index contributed by atoms with van der Waals surface area (Å²) in [7, 11) is 0. The summed E-state index contributed by atoms with van der Waals surface area (Å²) in [5.74, 6) is 0. The average molecular weight is 887 g/mol. The van der Waals surface area contributed by atoms with Gasteiger partial charge in [-0.15, -0.1) is 11.3 Å². The van der Waals surface area contributed by atoms with Crippen molar-refractivity contribution in [3.8, 4) is 11.1 Å². The third-order valence-electron chi connectivity index (χ3n) is 15.5. The molecule has 0 spiro atoms. The van der Waals surface area contributed by atoms with Crippen molar-refractivity contribution in [2.75, 3.05) is 9.80 Å². The predicted octanol–water partition coefficient (Wildman–Crippen LogP) is 16.2. The highest BCUT2D eigenvalue weighted by Crippen LogP contribution is 2.53. The van der Waals surface area contributed by atoms with Crippen molar-refractivity contribution in [1.29, 1.82) is 0 Å². The van der Waals surface area contributed by atoms with E-state index in [1.54, 1.807) is 0 Å². The Labute approximate surface area is 401 Å². The Kier molecular flexibility index (Phi) is 9.98. The van der Waals surface area contributed by atoms with Crippen molar-refractivity contribution < 1.29 is 0 Å². The van der Waals surface area contributed by atoms with Gasteiger partial charge in [0.05, 0.1) is 11.4 Å². The van der Waals surface area contributed by atoms with Crippen LogP contribution in [0.25, 0.3) is 21.2 Å². The van der Waals surface area contributed by atoms with Gasteiger partial charge >= 0.3 is 0 Å². The Morgan fingerprint density at radius 1 is 0.485 bits per heavy atom. The third-order valence-corrected chi connectivity index (χ3v) is 16.8. The molecule has 2 nitrogen and oxygen atoms in total. The molecule has 10 rings (SSSR count). The van der Waals surface area contributed by atoms with Gasteiger partial charge in [-0.25, -0.2) is 0 Å². The van der Waals surface area contributed by atoms with Crippen LogP contribution >= 0.6 is 11.3 Å². The molecule has 0 fully saturated rings. The number of benzene rings is 6. The van der Waals surface area contributed by atoms with E-state index in [0.29, 0.717) is 0 Å². The topological polar surface area (TPSA) is 6.48 Å². The van der Waals surface area contributed by atoms with E-state index in [1.807, 2.05) is 11.3 Å². The van der Waals surface area contributed by atoms with Gasteiger partial charge in [-0.3, -0.25) is 0 Å². The summed E-state index contributed by atoms with van der Waals surface area (Å²) in [6, 6.07) is 45.9. The van der Waals surface area contributed by atoms with E-state index < -0.39 is 0 Å². The minimum Gasteiger partial charge on any atom is -0.311 e. The minimum atomic E-state index is -0.123. The van der Waals surface area contributed by atoms with Crippen LogP contribution in [0.2, 0.25) is 0 Å². The molecule has 338 valence electrons. The lowest BCUT2D eigenvalue weighted by molar-refractivity contribution is 0.332. The van der Waals surface area contributed by atoms with E-state index in [1.165, 1.54) is 117 Å². The van der Waals surface area contributed by atoms with Crippen LogP contribution in [0.4, 0.5) is 34.1 Å². The molecule has 3 heterocycles. The molecule has 0 amide bonds. The van der Waals surface area contributed by atoms with Gasteiger partial charge in [-0.05, 0) is 150 Å². The first-order valence-corrected chi connectivity index (χ1v) is 25.4. The Morgan fingerprint density at radius 2 is 1.03 bits per heavy atom. The van der Waals surface area contributed by atoms with Gasteiger partial charge in [0.1, 0.15) is 0 Å². The monoisotopic (exact) mass is 887 g/mol. The molecule has 0 atom stereocenters. The smallest absolute Gasteiger partial charge is 0.264 e. The molecule has 0 N–H and O–H groups in total. The number of nitrogens with zero attached hydrogens (tertiary/aromatic N) is 2.